The summed E-state index contributed by atoms with van der Waals surface area (Å²) in [7, 11) is 3.12. The Bertz CT molecular complexity index is 1170. The highest BCUT2D eigenvalue weighted by Crippen LogP contribution is 2.32. The number of carbonyl (C=O) groups is 1. The summed E-state index contributed by atoms with van der Waals surface area (Å²) in [5.41, 5.74) is 1.20. The van der Waals surface area contributed by atoms with E-state index in [9.17, 15) is 9.59 Å². The summed E-state index contributed by atoms with van der Waals surface area (Å²) < 4.78 is 12.4. The number of nitrogens with zero attached hydrogens (tertiary/aromatic N) is 2. The molecule has 2 aromatic carbocycles. The fourth-order valence-corrected chi connectivity index (χ4v) is 4.97. The molecule has 3 aromatic rings. The maximum absolute atomic E-state index is 13.3. The van der Waals surface area contributed by atoms with E-state index in [0.29, 0.717) is 33.2 Å². The third kappa shape index (κ3) is 4.75. The van der Waals surface area contributed by atoms with E-state index < -0.39 is 0 Å². The highest BCUT2D eigenvalue weighted by molar-refractivity contribution is 7.99. The third-order valence-electron chi connectivity index (χ3n) is 5.73. The first kappa shape index (κ1) is 22.2. The fourth-order valence-electron chi connectivity index (χ4n) is 4.11. The summed E-state index contributed by atoms with van der Waals surface area (Å²) in [6, 6.07) is 12.7. The lowest BCUT2D eigenvalue weighted by atomic mass is 9.95. The summed E-state index contributed by atoms with van der Waals surface area (Å²) in [5.74, 6) is 1.10. The van der Waals surface area contributed by atoms with Crippen LogP contribution in [0.15, 0.2) is 52.4 Å². The number of nitrogens with one attached hydrogen (secondary N) is 1. The number of anilines is 1. The monoisotopic (exact) mass is 453 g/mol. The maximum Gasteiger partial charge on any atom is 0.262 e. The van der Waals surface area contributed by atoms with Crippen LogP contribution in [0, 0.1) is 0 Å². The first-order valence-corrected chi connectivity index (χ1v) is 11.7. The van der Waals surface area contributed by atoms with Gasteiger partial charge in [-0.3, -0.25) is 14.2 Å². The van der Waals surface area contributed by atoms with Crippen LogP contribution in [0.1, 0.15) is 38.1 Å². The van der Waals surface area contributed by atoms with Crippen LogP contribution in [0.2, 0.25) is 0 Å². The topological polar surface area (TPSA) is 82.5 Å². The number of hydrogen-bond donors (Lipinski definition) is 1. The van der Waals surface area contributed by atoms with Gasteiger partial charge in [-0.15, -0.1) is 0 Å². The van der Waals surface area contributed by atoms with Crippen LogP contribution in [0.5, 0.6) is 11.5 Å². The maximum atomic E-state index is 13.3. The molecule has 7 nitrogen and oxygen atoms in total. The molecule has 1 aromatic heterocycles. The second kappa shape index (κ2) is 10.1. The number of aromatic nitrogens is 2. The third-order valence-corrected chi connectivity index (χ3v) is 6.68. The number of hydrogen-bond acceptors (Lipinski definition) is 6. The molecule has 4 rings (SSSR count). The smallest absolute Gasteiger partial charge is 0.262 e. The van der Waals surface area contributed by atoms with E-state index in [1.165, 1.54) is 18.2 Å². The molecule has 0 atom stereocenters. The lowest BCUT2D eigenvalue weighted by Gasteiger charge is -2.26. The first-order chi connectivity index (χ1) is 15.6. The van der Waals surface area contributed by atoms with Crippen molar-refractivity contribution < 1.29 is 14.3 Å². The minimum Gasteiger partial charge on any atom is -0.497 e. The van der Waals surface area contributed by atoms with Gasteiger partial charge in [-0.25, -0.2) is 4.98 Å². The van der Waals surface area contributed by atoms with Crippen LogP contribution in [0.3, 0.4) is 0 Å². The largest absolute Gasteiger partial charge is 0.497 e. The Labute approximate surface area is 191 Å². The second-order valence-electron chi connectivity index (χ2n) is 7.78. The molecule has 32 heavy (non-hydrogen) atoms. The van der Waals surface area contributed by atoms with Crippen molar-refractivity contribution in [1.29, 1.82) is 0 Å². The van der Waals surface area contributed by atoms with Gasteiger partial charge in [-0.2, -0.15) is 0 Å². The Hall–Kier alpha value is -3.00. The number of ether oxygens (including phenoxy) is 2. The highest BCUT2D eigenvalue weighted by atomic mass is 32.2. The quantitative estimate of drug-likeness (QED) is 0.414. The van der Waals surface area contributed by atoms with Gasteiger partial charge < -0.3 is 14.8 Å². The number of methoxy groups -OCH3 is 2. The van der Waals surface area contributed by atoms with Crippen LogP contribution in [-0.4, -0.2) is 35.4 Å². The fraction of sp³-hybridized carbons (Fsp3) is 0.375. The molecule has 1 amide bonds. The van der Waals surface area contributed by atoms with Crippen molar-refractivity contribution in [3.05, 3.63) is 52.8 Å². The van der Waals surface area contributed by atoms with E-state index in [1.54, 1.807) is 32.4 Å². The summed E-state index contributed by atoms with van der Waals surface area (Å²) in [6.07, 6.45) is 5.32. The molecule has 168 valence electrons. The Morgan fingerprint density at radius 1 is 1.12 bits per heavy atom. The van der Waals surface area contributed by atoms with E-state index in [2.05, 4.69) is 5.32 Å². The zero-order valence-corrected chi connectivity index (χ0v) is 19.1. The van der Waals surface area contributed by atoms with Crippen LogP contribution in [-0.2, 0) is 4.79 Å². The molecule has 1 aliphatic carbocycles. The van der Waals surface area contributed by atoms with Crippen molar-refractivity contribution in [2.24, 2.45) is 0 Å². The van der Waals surface area contributed by atoms with E-state index >= 15 is 0 Å². The molecule has 1 N–H and O–H groups in total. The number of amides is 1. The van der Waals surface area contributed by atoms with Gasteiger partial charge in [0.15, 0.2) is 5.16 Å². The molecule has 0 aliphatic heterocycles. The lowest BCUT2D eigenvalue weighted by molar-refractivity contribution is -0.113. The predicted octanol–water partition coefficient (Wildman–Crippen LogP) is 4.65. The van der Waals surface area contributed by atoms with Gasteiger partial charge in [0.2, 0.25) is 5.91 Å². The molecular formula is C24H27N3O4S. The second-order valence-corrected chi connectivity index (χ2v) is 8.72. The van der Waals surface area contributed by atoms with Gasteiger partial charge in [0, 0.05) is 12.1 Å². The standard InChI is InChI=1S/C24H27N3O4S/c1-30-17-12-13-20(21(14-17)31-2)25-22(28)15-32-24-26-19-11-7-6-10-18(19)23(29)27(24)16-8-4-3-5-9-16/h6-7,10-14,16H,3-5,8-9,15H2,1-2H3,(H,25,28). The number of benzene rings is 2. The SMILES string of the molecule is COc1ccc(NC(=O)CSc2nc3ccccc3c(=O)n2C2CCCCC2)c(OC)c1. The summed E-state index contributed by atoms with van der Waals surface area (Å²) >= 11 is 1.29. The average Bonchev–Trinajstić information content (AvgIpc) is 2.83. The van der Waals surface area contributed by atoms with Crippen molar-refractivity contribution >= 4 is 34.3 Å². The zero-order chi connectivity index (χ0) is 22.5. The van der Waals surface area contributed by atoms with Crippen LogP contribution in [0.25, 0.3) is 10.9 Å². The van der Waals surface area contributed by atoms with Crippen molar-refractivity contribution in [2.45, 2.75) is 43.3 Å². The lowest BCUT2D eigenvalue weighted by Crippen LogP contribution is -2.29. The van der Waals surface area contributed by atoms with Crippen molar-refractivity contribution in [1.82, 2.24) is 9.55 Å². The number of para-hydroxylation sites is 1. The molecule has 1 aliphatic rings. The molecule has 1 saturated carbocycles. The number of thioether (sulfide) groups is 1. The molecule has 0 saturated heterocycles. The Kier molecular flexibility index (Phi) is 6.99. The molecule has 1 heterocycles. The molecule has 0 unspecified atom stereocenters. The summed E-state index contributed by atoms with van der Waals surface area (Å²) in [5, 5.41) is 4.09. The van der Waals surface area contributed by atoms with Crippen LogP contribution in [0.4, 0.5) is 5.69 Å². The van der Waals surface area contributed by atoms with E-state index in [0.717, 1.165) is 25.7 Å². The minimum absolute atomic E-state index is 0.0257. The van der Waals surface area contributed by atoms with Crippen molar-refractivity contribution in [3.8, 4) is 11.5 Å². The zero-order valence-electron chi connectivity index (χ0n) is 18.3. The summed E-state index contributed by atoms with van der Waals surface area (Å²) in [4.78, 5) is 30.8. The van der Waals surface area contributed by atoms with Gasteiger partial charge in [-0.1, -0.05) is 43.2 Å². The number of carbonyl (C=O) groups excluding carboxylic acids is 1. The van der Waals surface area contributed by atoms with Crippen LogP contribution >= 0.6 is 11.8 Å². The molecular weight excluding hydrogens is 426 g/mol. The molecule has 0 spiro atoms. The van der Waals surface area contributed by atoms with E-state index in [4.69, 9.17) is 14.5 Å². The first-order valence-electron chi connectivity index (χ1n) is 10.8. The number of rotatable bonds is 7. The van der Waals surface area contributed by atoms with Gasteiger partial charge in [0.1, 0.15) is 11.5 Å². The van der Waals surface area contributed by atoms with Crippen LogP contribution < -0.4 is 20.3 Å². The molecule has 8 heteroatoms. The number of fused-ring (bicyclic) bond motifs is 1. The Balaban J connectivity index is 1.57. The predicted molar refractivity (Wildman–Crippen MR) is 127 cm³/mol. The van der Waals surface area contributed by atoms with Gasteiger partial charge in [0.05, 0.1) is 36.6 Å². The molecule has 0 radical (unpaired) electrons. The normalized spacial score (nSPS) is 14.3. The van der Waals surface area contributed by atoms with Crippen molar-refractivity contribution in [3.63, 3.8) is 0 Å². The van der Waals surface area contributed by atoms with Gasteiger partial charge in [0.25, 0.3) is 5.56 Å². The highest BCUT2D eigenvalue weighted by Gasteiger charge is 2.22. The molecule has 1 fully saturated rings. The Morgan fingerprint density at radius 3 is 2.66 bits per heavy atom. The van der Waals surface area contributed by atoms with E-state index in [-0.39, 0.29) is 23.3 Å². The average molecular weight is 454 g/mol. The van der Waals surface area contributed by atoms with E-state index in [1.807, 2.05) is 28.8 Å². The molecule has 0 bridgehead atoms. The minimum atomic E-state index is -0.198. The van der Waals surface area contributed by atoms with Gasteiger partial charge in [-0.05, 0) is 37.1 Å². The Morgan fingerprint density at radius 2 is 1.91 bits per heavy atom. The van der Waals surface area contributed by atoms with Crippen molar-refractivity contribution in [2.75, 3.05) is 25.3 Å². The van der Waals surface area contributed by atoms with Gasteiger partial charge >= 0.3 is 0 Å². The summed E-state index contributed by atoms with van der Waals surface area (Å²) in [6.45, 7) is 0.